The van der Waals surface area contributed by atoms with Crippen molar-refractivity contribution in [3.63, 3.8) is 0 Å². The molecule has 1 atom stereocenters. The maximum atomic E-state index is 9.71. The lowest BCUT2D eigenvalue weighted by molar-refractivity contribution is 0.467. The summed E-state index contributed by atoms with van der Waals surface area (Å²) in [7, 11) is 0. The number of phenols is 1. The van der Waals surface area contributed by atoms with E-state index in [0.29, 0.717) is 5.69 Å². The molecule has 1 aromatic carbocycles. The van der Waals surface area contributed by atoms with Crippen LogP contribution >= 0.6 is 0 Å². The predicted molar refractivity (Wildman–Crippen MR) is 68.0 cm³/mol. The van der Waals surface area contributed by atoms with E-state index in [4.69, 9.17) is 4.42 Å². The normalized spacial score (nSPS) is 12.0. The van der Waals surface area contributed by atoms with Crippen LogP contribution in [0.4, 0.5) is 5.69 Å². The molecule has 2 aromatic rings. The molecule has 1 unspecified atom stereocenters. The number of anilines is 1. The topological polar surface area (TPSA) is 45.4 Å². The minimum Gasteiger partial charge on any atom is -0.506 e. The van der Waals surface area contributed by atoms with Crippen LogP contribution < -0.4 is 5.32 Å². The average molecular weight is 229 g/mol. The van der Waals surface area contributed by atoms with Crippen LogP contribution in [0.1, 0.15) is 18.2 Å². The SMILES string of the molecule is C=CCC(Nc1ccccc1O)c1ccco1. The monoisotopic (exact) mass is 229 g/mol. The molecule has 2 N–H and O–H groups in total. The highest BCUT2D eigenvalue weighted by Crippen LogP contribution is 2.28. The lowest BCUT2D eigenvalue weighted by Gasteiger charge is -2.17. The molecule has 0 spiro atoms. The first-order valence-electron chi connectivity index (χ1n) is 5.50. The van der Waals surface area contributed by atoms with E-state index >= 15 is 0 Å². The molecule has 0 saturated heterocycles. The standard InChI is InChI=1S/C14H15NO2/c1-2-6-12(14-9-5-10-17-14)15-11-7-3-4-8-13(11)16/h2-5,7-10,12,15-16H,1,6H2. The third-order valence-electron chi connectivity index (χ3n) is 2.52. The number of phenolic OH excluding ortho intramolecular Hbond substituents is 1. The highest BCUT2D eigenvalue weighted by molar-refractivity contribution is 5.56. The fourth-order valence-corrected chi connectivity index (χ4v) is 1.69. The van der Waals surface area contributed by atoms with Gasteiger partial charge in [0.15, 0.2) is 0 Å². The van der Waals surface area contributed by atoms with Gasteiger partial charge in [-0.15, -0.1) is 6.58 Å². The zero-order chi connectivity index (χ0) is 12.1. The Labute approximate surface area is 100 Å². The molecule has 0 aliphatic heterocycles. The number of hydrogen-bond acceptors (Lipinski definition) is 3. The van der Waals surface area contributed by atoms with Crippen LogP contribution in [0.25, 0.3) is 0 Å². The van der Waals surface area contributed by atoms with Crippen molar-refractivity contribution >= 4 is 5.69 Å². The van der Waals surface area contributed by atoms with Gasteiger partial charge in [-0.1, -0.05) is 18.2 Å². The Bertz CT molecular complexity index is 477. The van der Waals surface area contributed by atoms with Gasteiger partial charge in [-0.05, 0) is 30.7 Å². The van der Waals surface area contributed by atoms with Crippen LogP contribution in [0, 0.1) is 0 Å². The molecule has 0 radical (unpaired) electrons. The van der Waals surface area contributed by atoms with Gasteiger partial charge in [0.2, 0.25) is 0 Å². The average Bonchev–Trinajstić information content (AvgIpc) is 2.85. The molecule has 88 valence electrons. The summed E-state index contributed by atoms with van der Waals surface area (Å²) >= 11 is 0. The lowest BCUT2D eigenvalue weighted by Crippen LogP contribution is -2.09. The molecule has 1 heterocycles. The summed E-state index contributed by atoms with van der Waals surface area (Å²) < 4.78 is 5.37. The second-order valence-corrected chi connectivity index (χ2v) is 3.75. The number of para-hydroxylation sites is 2. The van der Waals surface area contributed by atoms with Crippen LogP contribution in [0.15, 0.2) is 59.7 Å². The molecule has 3 heteroatoms. The van der Waals surface area contributed by atoms with E-state index in [0.717, 1.165) is 12.2 Å². The second-order valence-electron chi connectivity index (χ2n) is 3.75. The van der Waals surface area contributed by atoms with Gasteiger partial charge >= 0.3 is 0 Å². The summed E-state index contributed by atoms with van der Waals surface area (Å²) in [5.41, 5.74) is 0.691. The number of hydrogen-bond donors (Lipinski definition) is 2. The van der Waals surface area contributed by atoms with Crippen LogP contribution in [-0.4, -0.2) is 5.11 Å². The summed E-state index contributed by atoms with van der Waals surface area (Å²) in [5, 5.41) is 12.9. The van der Waals surface area contributed by atoms with Crippen molar-refractivity contribution in [1.82, 2.24) is 0 Å². The summed E-state index contributed by atoms with van der Waals surface area (Å²) in [6.07, 6.45) is 4.18. The molecule has 1 aromatic heterocycles. The van der Waals surface area contributed by atoms with Gasteiger partial charge in [0.25, 0.3) is 0 Å². The van der Waals surface area contributed by atoms with Crippen molar-refractivity contribution in [3.8, 4) is 5.75 Å². The zero-order valence-electron chi connectivity index (χ0n) is 9.47. The Morgan fingerprint density at radius 3 is 2.76 bits per heavy atom. The first-order valence-corrected chi connectivity index (χ1v) is 5.50. The van der Waals surface area contributed by atoms with E-state index in [-0.39, 0.29) is 11.8 Å². The molecule has 0 amide bonds. The van der Waals surface area contributed by atoms with E-state index < -0.39 is 0 Å². The third-order valence-corrected chi connectivity index (χ3v) is 2.52. The smallest absolute Gasteiger partial charge is 0.138 e. The zero-order valence-corrected chi connectivity index (χ0v) is 9.47. The first kappa shape index (κ1) is 11.3. The van der Waals surface area contributed by atoms with Crippen LogP contribution in [0.5, 0.6) is 5.75 Å². The number of aromatic hydroxyl groups is 1. The van der Waals surface area contributed by atoms with Gasteiger partial charge in [0, 0.05) is 0 Å². The van der Waals surface area contributed by atoms with Crippen molar-refractivity contribution in [3.05, 3.63) is 61.1 Å². The van der Waals surface area contributed by atoms with Gasteiger partial charge in [0.05, 0.1) is 18.0 Å². The molecule has 2 rings (SSSR count). The van der Waals surface area contributed by atoms with Crippen molar-refractivity contribution in [2.24, 2.45) is 0 Å². The molecule has 17 heavy (non-hydrogen) atoms. The molecular formula is C14H15NO2. The third kappa shape index (κ3) is 2.69. The minimum absolute atomic E-state index is 0.0178. The van der Waals surface area contributed by atoms with E-state index in [1.54, 1.807) is 18.4 Å². The predicted octanol–water partition coefficient (Wildman–Crippen LogP) is 3.71. The van der Waals surface area contributed by atoms with Crippen LogP contribution in [0.2, 0.25) is 0 Å². The highest BCUT2D eigenvalue weighted by atomic mass is 16.3. The molecular weight excluding hydrogens is 214 g/mol. The van der Waals surface area contributed by atoms with Crippen molar-refractivity contribution in [2.75, 3.05) is 5.32 Å². The Balaban J connectivity index is 2.19. The van der Waals surface area contributed by atoms with Gasteiger partial charge in [-0.25, -0.2) is 0 Å². The van der Waals surface area contributed by atoms with Crippen molar-refractivity contribution < 1.29 is 9.52 Å². The molecule has 0 fully saturated rings. The molecule has 3 nitrogen and oxygen atoms in total. The van der Waals surface area contributed by atoms with Gasteiger partial charge in [-0.2, -0.15) is 0 Å². The fraction of sp³-hybridized carbons (Fsp3) is 0.143. The number of furan rings is 1. The van der Waals surface area contributed by atoms with Crippen LogP contribution in [0.3, 0.4) is 0 Å². The quantitative estimate of drug-likeness (QED) is 0.606. The molecule has 0 aliphatic carbocycles. The number of rotatable bonds is 5. The summed E-state index contributed by atoms with van der Waals surface area (Å²) in [5.74, 6) is 1.06. The Kier molecular flexibility index (Phi) is 3.50. The van der Waals surface area contributed by atoms with Crippen molar-refractivity contribution in [2.45, 2.75) is 12.5 Å². The van der Waals surface area contributed by atoms with Crippen LogP contribution in [-0.2, 0) is 0 Å². The molecule has 0 saturated carbocycles. The summed E-state index contributed by atoms with van der Waals surface area (Å²) in [6.45, 7) is 3.73. The second kappa shape index (κ2) is 5.25. The Morgan fingerprint density at radius 1 is 1.29 bits per heavy atom. The van der Waals surface area contributed by atoms with Gasteiger partial charge < -0.3 is 14.8 Å². The summed E-state index contributed by atoms with van der Waals surface area (Å²) in [4.78, 5) is 0. The highest BCUT2D eigenvalue weighted by Gasteiger charge is 2.13. The Hall–Kier alpha value is -2.16. The first-order chi connectivity index (χ1) is 8.31. The number of benzene rings is 1. The summed E-state index contributed by atoms with van der Waals surface area (Å²) in [6, 6.07) is 10.9. The van der Waals surface area contributed by atoms with E-state index in [1.165, 1.54) is 0 Å². The maximum Gasteiger partial charge on any atom is 0.138 e. The Morgan fingerprint density at radius 2 is 2.12 bits per heavy atom. The van der Waals surface area contributed by atoms with E-state index in [1.807, 2.05) is 30.3 Å². The molecule has 0 bridgehead atoms. The van der Waals surface area contributed by atoms with Gasteiger partial charge in [-0.3, -0.25) is 0 Å². The van der Waals surface area contributed by atoms with E-state index in [9.17, 15) is 5.11 Å². The lowest BCUT2D eigenvalue weighted by atomic mass is 10.1. The van der Waals surface area contributed by atoms with E-state index in [2.05, 4.69) is 11.9 Å². The fourth-order valence-electron chi connectivity index (χ4n) is 1.69. The minimum atomic E-state index is -0.0178. The van der Waals surface area contributed by atoms with Crippen molar-refractivity contribution in [1.29, 1.82) is 0 Å². The molecule has 0 aliphatic rings. The maximum absolute atomic E-state index is 9.71. The largest absolute Gasteiger partial charge is 0.506 e. The number of nitrogens with one attached hydrogen (secondary N) is 1. The van der Waals surface area contributed by atoms with Gasteiger partial charge in [0.1, 0.15) is 11.5 Å².